The van der Waals surface area contributed by atoms with Gasteiger partial charge in [-0.15, -0.1) is 0 Å². The summed E-state index contributed by atoms with van der Waals surface area (Å²) in [6.07, 6.45) is 14.1. The van der Waals surface area contributed by atoms with Gasteiger partial charge in [0.05, 0.1) is 0 Å². The van der Waals surface area contributed by atoms with Gasteiger partial charge in [-0.05, 0) is 25.2 Å². The Balaban J connectivity index is 1.52. The Labute approximate surface area is 151 Å². The molecule has 3 unspecified atom stereocenters. The quantitative estimate of drug-likeness (QED) is 0.852. The van der Waals surface area contributed by atoms with Gasteiger partial charge in [-0.25, -0.2) is 4.98 Å². The summed E-state index contributed by atoms with van der Waals surface area (Å²) >= 11 is 0. The molecule has 1 amide bonds. The van der Waals surface area contributed by atoms with Crippen LogP contribution >= 0.6 is 0 Å². The number of nitrogens with one attached hydrogen (secondary N) is 1. The molecule has 3 rings (SSSR count). The van der Waals surface area contributed by atoms with E-state index in [9.17, 15) is 4.79 Å². The van der Waals surface area contributed by atoms with Crippen molar-refractivity contribution in [1.82, 2.24) is 14.9 Å². The number of rotatable bonds is 6. The highest BCUT2D eigenvalue weighted by atomic mass is 16.5. The van der Waals surface area contributed by atoms with Gasteiger partial charge in [0, 0.05) is 44.4 Å². The predicted molar refractivity (Wildman–Crippen MR) is 98.0 cm³/mol. The van der Waals surface area contributed by atoms with Gasteiger partial charge >= 0.3 is 0 Å². The Morgan fingerprint density at radius 1 is 1.36 bits per heavy atom. The zero-order valence-corrected chi connectivity index (χ0v) is 15.7. The third kappa shape index (κ3) is 4.84. The average Bonchev–Trinajstić information content (AvgIpc) is 3.06. The molecule has 140 valence electrons. The highest BCUT2D eigenvalue weighted by molar-refractivity contribution is 5.78. The van der Waals surface area contributed by atoms with Crippen LogP contribution in [0.2, 0.25) is 0 Å². The molecule has 0 aromatic carbocycles. The maximum absolute atomic E-state index is 12.8. The molecule has 2 fully saturated rings. The summed E-state index contributed by atoms with van der Waals surface area (Å²) in [5.74, 6) is 2.11. The molecule has 1 saturated carbocycles. The van der Waals surface area contributed by atoms with Crippen molar-refractivity contribution in [3.8, 4) is 0 Å². The lowest BCUT2D eigenvalue weighted by molar-refractivity contribution is -0.127. The van der Waals surface area contributed by atoms with Gasteiger partial charge in [-0.1, -0.05) is 39.0 Å². The van der Waals surface area contributed by atoms with E-state index in [0.717, 1.165) is 37.4 Å². The van der Waals surface area contributed by atoms with Crippen LogP contribution in [0.1, 0.15) is 76.6 Å². The van der Waals surface area contributed by atoms with Gasteiger partial charge in [0.25, 0.3) is 0 Å². The van der Waals surface area contributed by atoms with Crippen LogP contribution in [0.4, 0.5) is 0 Å². The van der Waals surface area contributed by atoms with Gasteiger partial charge in [-0.2, -0.15) is 0 Å². The minimum absolute atomic E-state index is 0.0162. The van der Waals surface area contributed by atoms with Gasteiger partial charge in [-0.3, -0.25) is 4.79 Å². The summed E-state index contributed by atoms with van der Waals surface area (Å²) in [5.41, 5.74) is 0. The fourth-order valence-corrected chi connectivity index (χ4v) is 4.40. The molecule has 1 aromatic rings. The molecule has 5 nitrogen and oxygen atoms in total. The van der Waals surface area contributed by atoms with Crippen LogP contribution in [-0.2, 0) is 16.6 Å². The first kappa shape index (κ1) is 18.4. The second-order valence-corrected chi connectivity index (χ2v) is 7.83. The number of imidazole rings is 1. The number of carbonyl (C=O) groups excluding carboxylic acids is 1. The van der Waals surface area contributed by atoms with Crippen LogP contribution in [0.5, 0.6) is 0 Å². The van der Waals surface area contributed by atoms with Crippen molar-refractivity contribution in [2.75, 3.05) is 6.61 Å². The minimum Gasteiger partial charge on any atom is -0.370 e. The molecule has 1 aliphatic heterocycles. The minimum atomic E-state index is -0.0162. The molecule has 1 saturated heterocycles. The van der Waals surface area contributed by atoms with Gasteiger partial charge in [0.1, 0.15) is 11.9 Å². The summed E-state index contributed by atoms with van der Waals surface area (Å²) in [7, 11) is 1.99. The molecule has 2 aliphatic rings. The Morgan fingerprint density at radius 3 is 2.84 bits per heavy atom. The van der Waals surface area contributed by atoms with E-state index in [2.05, 4.69) is 17.2 Å². The molecule has 2 heterocycles. The van der Waals surface area contributed by atoms with Crippen LogP contribution in [0.3, 0.4) is 0 Å². The fourth-order valence-electron chi connectivity index (χ4n) is 4.40. The van der Waals surface area contributed by atoms with E-state index in [4.69, 9.17) is 4.74 Å². The van der Waals surface area contributed by atoms with Gasteiger partial charge < -0.3 is 14.6 Å². The van der Waals surface area contributed by atoms with Crippen LogP contribution in [0.15, 0.2) is 12.4 Å². The molecule has 0 bridgehead atoms. The Bertz CT molecular complexity index is 551. The molecule has 25 heavy (non-hydrogen) atoms. The Hall–Kier alpha value is -1.36. The molecule has 0 spiro atoms. The number of aryl methyl sites for hydroxylation is 1. The molecule has 5 heteroatoms. The SMILES string of the molecule is CCC(CC1CCCCC1)C(=O)NC1CCOC(c2nccn2C)C1. The van der Waals surface area contributed by atoms with Gasteiger partial charge in [0.15, 0.2) is 0 Å². The molecule has 1 N–H and O–H groups in total. The summed E-state index contributed by atoms with van der Waals surface area (Å²) in [5, 5.41) is 3.31. The van der Waals surface area contributed by atoms with Crippen molar-refractivity contribution in [1.29, 1.82) is 0 Å². The lowest BCUT2D eigenvalue weighted by Crippen LogP contribution is -2.43. The number of ether oxygens (including phenoxy) is 1. The van der Waals surface area contributed by atoms with E-state index in [-0.39, 0.29) is 24.0 Å². The number of amides is 1. The van der Waals surface area contributed by atoms with Crippen molar-refractivity contribution >= 4 is 5.91 Å². The standard InChI is InChI=1S/C20H33N3O2/c1-3-16(13-15-7-5-4-6-8-15)20(24)22-17-9-12-25-18(14-17)19-21-10-11-23(19)2/h10-11,15-18H,3-9,12-14H2,1-2H3,(H,22,24). The largest absolute Gasteiger partial charge is 0.370 e. The van der Waals surface area contributed by atoms with Crippen molar-refractivity contribution in [3.05, 3.63) is 18.2 Å². The molecule has 0 radical (unpaired) electrons. The molecular formula is C20H33N3O2. The van der Waals surface area contributed by atoms with E-state index in [1.54, 1.807) is 6.20 Å². The lowest BCUT2D eigenvalue weighted by atomic mass is 9.81. The third-order valence-electron chi connectivity index (χ3n) is 5.98. The van der Waals surface area contributed by atoms with Crippen molar-refractivity contribution in [2.45, 2.75) is 76.9 Å². The van der Waals surface area contributed by atoms with Crippen LogP contribution in [0, 0.1) is 11.8 Å². The number of nitrogens with zero attached hydrogens (tertiary/aromatic N) is 2. The molecular weight excluding hydrogens is 314 g/mol. The smallest absolute Gasteiger partial charge is 0.223 e. The number of aromatic nitrogens is 2. The van der Waals surface area contributed by atoms with E-state index >= 15 is 0 Å². The van der Waals surface area contributed by atoms with Crippen LogP contribution < -0.4 is 5.32 Å². The number of carbonyl (C=O) groups is 1. The zero-order chi connectivity index (χ0) is 17.6. The van der Waals surface area contributed by atoms with Crippen molar-refractivity contribution < 1.29 is 9.53 Å². The maximum atomic E-state index is 12.8. The van der Waals surface area contributed by atoms with Gasteiger partial charge in [0.2, 0.25) is 5.91 Å². The van der Waals surface area contributed by atoms with Crippen molar-refractivity contribution in [2.24, 2.45) is 18.9 Å². The second kappa shape index (κ2) is 8.84. The highest BCUT2D eigenvalue weighted by Gasteiger charge is 2.30. The zero-order valence-electron chi connectivity index (χ0n) is 15.7. The fraction of sp³-hybridized carbons (Fsp3) is 0.800. The van der Waals surface area contributed by atoms with E-state index < -0.39 is 0 Å². The summed E-state index contributed by atoms with van der Waals surface area (Å²) in [4.78, 5) is 17.2. The summed E-state index contributed by atoms with van der Waals surface area (Å²) in [6.45, 7) is 2.83. The predicted octanol–water partition coefficient (Wildman–Crippen LogP) is 3.75. The first-order valence-electron chi connectivity index (χ1n) is 10.1. The molecule has 3 atom stereocenters. The topological polar surface area (TPSA) is 56.1 Å². The van der Waals surface area contributed by atoms with Crippen LogP contribution in [-0.4, -0.2) is 28.1 Å². The Kier molecular flexibility index (Phi) is 6.51. The lowest BCUT2D eigenvalue weighted by Gasteiger charge is -2.31. The number of hydrogen-bond acceptors (Lipinski definition) is 3. The summed E-state index contributed by atoms with van der Waals surface area (Å²) in [6, 6.07) is 0.198. The van der Waals surface area contributed by atoms with E-state index in [0.29, 0.717) is 6.61 Å². The summed E-state index contributed by atoms with van der Waals surface area (Å²) < 4.78 is 7.90. The van der Waals surface area contributed by atoms with Crippen LogP contribution in [0.25, 0.3) is 0 Å². The maximum Gasteiger partial charge on any atom is 0.223 e. The highest BCUT2D eigenvalue weighted by Crippen LogP contribution is 2.31. The average molecular weight is 348 g/mol. The van der Waals surface area contributed by atoms with Crippen molar-refractivity contribution in [3.63, 3.8) is 0 Å². The monoisotopic (exact) mass is 347 g/mol. The third-order valence-corrected chi connectivity index (χ3v) is 5.98. The first-order chi connectivity index (χ1) is 12.2. The Morgan fingerprint density at radius 2 is 2.16 bits per heavy atom. The molecule has 1 aromatic heterocycles. The van der Waals surface area contributed by atoms with E-state index in [1.165, 1.54) is 32.1 Å². The van der Waals surface area contributed by atoms with E-state index in [1.807, 2.05) is 17.8 Å². The second-order valence-electron chi connectivity index (χ2n) is 7.83. The molecule has 1 aliphatic carbocycles. The first-order valence-corrected chi connectivity index (χ1v) is 10.1. The normalized spacial score (nSPS) is 26.3. The number of hydrogen-bond donors (Lipinski definition) is 1.